The molecule has 0 radical (unpaired) electrons. The molecule has 0 spiro atoms. The molecule has 1 aliphatic rings. The number of para-hydroxylation sites is 2. The van der Waals surface area contributed by atoms with Gasteiger partial charge in [-0.1, -0.05) is 18.2 Å². The zero-order valence-corrected chi connectivity index (χ0v) is 22.5. The molecular formula is C30H29F3N2O5. The Morgan fingerprint density at radius 1 is 1.12 bits per heavy atom. The van der Waals surface area contributed by atoms with E-state index in [2.05, 4.69) is 9.97 Å². The number of halogens is 3. The third-order valence-corrected chi connectivity index (χ3v) is 6.63. The van der Waals surface area contributed by atoms with Gasteiger partial charge in [0.25, 0.3) is 0 Å². The van der Waals surface area contributed by atoms with Crippen LogP contribution in [0.25, 0.3) is 33.5 Å². The number of rotatable bonds is 6. The van der Waals surface area contributed by atoms with Gasteiger partial charge in [0.15, 0.2) is 6.10 Å². The summed E-state index contributed by atoms with van der Waals surface area (Å²) in [5.74, 6) is -0.717. The Hall–Kier alpha value is -4.05. The molecule has 40 heavy (non-hydrogen) atoms. The van der Waals surface area contributed by atoms with Crippen molar-refractivity contribution in [3.05, 3.63) is 65.2 Å². The van der Waals surface area contributed by atoms with E-state index >= 15 is 0 Å². The number of aliphatic carboxylic acids is 1. The van der Waals surface area contributed by atoms with Crippen LogP contribution < -0.4 is 9.47 Å². The number of methoxy groups -OCH3 is 1. The van der Waals surface area contributed by atoms with Crippen molar-refractivity contribution in [1.29, 1.82) is 0 Å². The van der Waals surface area contributed by atoms with Gasteiger partial charge in [-0.05, 0) is 75.1 Å². The highest BCUT2D eigenvalue weighted by atomic mass is 19.4. The number of hydrogen-bond donors (Lipinski definition) is 2. The molecule has 3 aromatic carbocycles. The number of H-pyrrole nitrogens is 1. The summed E-state index contributed by atoms with van der Waals surface area (Å²) < 4.78 is 61.9. The average Bonchev–Trinajstić information content (AvgIpc) is 3.33. The molecule has 0 aliphatic carbocycles. The molecule has 210 valence electrons. The Morgan fingerprint density at radius 2 is 1.88 bits per heavy atom. The molecule has 2 heterocycles. The van der Waals surface area contributed by atoms with Crippen molar-refractivity contribution in [3.63, 3.8) is 0 Å². The second-order valence-corrected chi connectivity index (χ2v) is 10.6. The van der Waals surface area contributed by atoms with E-state index in [4.69, 9.17) is 14.2 Å². The summed E-state index contributed by atoms with van der Waals surface area (Å²) in [5, 5.41) is 10.2. The molecule has 0 amide bonds. The van der Waals surface area contributed by atoms with Crippen molar-refractivity contribution < 1.29 is 37.3 Å². The number of aryl methyl sites for hydroxylation is 1. The monoisotopic (exact) mass is 554 g/mol. The first kappa shape index (κ1) is 27.5. The lowest BCUT2D eigenvalue weighted by Crippen LogP contribution is -2.29. The number of ether oxygens (including phenoxy) is 3. The van der Waals surface area contributed by atoms with Crippen molar-refractivity contribution in [2.75, 3.05) is 13.7 Å². The van der Waals surface area contributed by atoms with Gasteiger partial charge in [0.1, 0.15) is 17.3 Å². The van der Waals surface area contributed by atoms with E-state index in [1.807, 2.05) is 0 Å². The standard InChI is InChI=1S/C30H29F3N2O5/c1-29(2,3)40-26(28(36)37)24-19(30(31,32)33)15-18(27-34-20-9-5-6-10-21(20)35-27)25(38-4)23(24)17-11-12-22-16(14-17)8-7-13-39-22/h5-6,9-12,14-15,26H,7-8,13H2,1-4H3,(H,34,35)(H,36,37). The maximum atomic E-state index is 14.9. The molecule has 10 heteroatoms. The van der Waals surface area contributed by atoms with Crippen LogP contribution in [0.2, 0.25) is 0 Å². The Morgan fingerprint density at radius 3 is 2.52 bits per heavy atom. The van der Waals surface area contributed by atoms with Crippen LogP contribution in [0.1, 0.15) is 50.0 Å². The van der Waals surface area contributed by atoms with Crippen LogP contribution in [0.5, 0.6) is 11.5 Å². The van der Waals surface area contributed by atoms with E-state index < -0.39 is 35.0 Å². The van der Waals surface area contributed by atoms with Gasteiger partial charge in [0.05, 0.1) is 41.5 Å². The normalized spacial score (nSPS) is 14.5. The summed E-state index contributed by atoms with van der Waals surface area (Å²) in [6, 6.07) is 13.0. The van der Waals surface area contributed by atoms with Gasteiger partial charge >= 0.3 is 12.1 Å². The molecule has 1 aromatic heterocycles. The highest BCUT2D eigenvalue weighted by Gasteiger charge is 2.43. The number of imidazole rings is 1. The van der Waals surface area contributed by atoms with Crippen molar-refractivity contribution in [3.8, 4) is 34.0 Å². The molecule has 5 rings (SSSR count). The molecule has 0 fully saturated rings. The number of carboxylic acids is 1. The summed E-state index contributed by atoms with van der Waals surface area (Å²) in [6.07, 6.45) is -5.46. The molecule has 1 atom stereocenters. The van der Waals surface area contributed by atoms with E-state index in [9.17, 15) is 23.1 Å². The van der Waals surface area contributed by atoms with E-state index in [1.165, 1.54) is 7.11 Å². The minimum atomic E-state index is -4.93. The second kappa shape index (κ2) is 10.2. The van der Waals surface area contributed by atoms with E-state index in [-0.39, 0.29) is 22.7 Å². The van der Waals surface area contributed by atoms with E-state index in [0.717, 1.165) is 18.1 Å². The number of carboxylic acid groups (broad SMARTS) is 1. The minimum absolute atomic E-state index is 0.0298. The maximum Gasteiger partial charge on any atom is 0.416 e. The van der Waals surface area contributed by atoms with Crippen LogP contribution in [0.4, 0.5) is 13.2 Å². The highest BCUT2D eigenvalue weighted by molar-refractivity contribution is 5.91. The predicted octanol–water partition coefficient (Wildman–Crippen LogP) is 7.19. The molecular weight excluding hydrogens is 525 g/mol. The number of nitrogens with zero attached hydrogens (tertiary/aromatic N) is 1. The molecule has 7 nitrogen and oxygen atoms in total. The van der Waals surface area contributed by atoms with Gasteiger partial charge in [-0.15, -0.1) is 0 Å². The first-order valence-corrected chi connectivity index (χ1v) is 12.8. The number of hydrogen-bond acceptors (Lipinski definition) is 5. The number of benzene rings is 3. The SMILES string of the molecule is COc1c(-c2nc3ccccc3[nH]2)cc(C(F)(F)F)c(C(OC(C)(C)C)C(=O)O)c1-c1ccc2c(c1)CCCO2. The van der Waals surface area contributed by atoms with Crippen LogP contribution in [0.3, 0.4) is 0 Å². The van der Waals surface area contributed by atoms with Gasteiger partial charge < -0.3 is 24.3 Å². The Bertz CT molecular complexity index is 1550. The van der Waals surface area contributed by atoms with Crippen LogP contribution >= 0.6 is 0 Å². The fraction of sp³-hybridized carbons (Fsp3) is 0.333. The second-order valence-electron chi connectivity index (χ2n) is 10.6. The third kappa shape index (κ3) is 5.23. The Kier molecular flexibility index (Phi) is 6.99. The maximum absolute atomic E-state index is 14.9. The molecule has 0 bridgehead atoms. The number of aromatic nitrogens is 2. The largest absolute Gasteiger partial charge is 0.495 e. The zero-order valence-electron chi connectivity index (χ0n) is 22.5. The number of alkyl halides is 3. The van der Waals surface area contributed by atoms with Crippen molar-refractivity contribution in [2.24, 2.45) is 0 Å². The number of nitrogens with one attached hydrogen (secondary N) is 1. The summed E-state index contributed by atoms with van der Waals surface area (Å²) in [5.41, 5.74) is -0.402. The fourth-order valence-electron chi connectivity index (χ4n) is 5.04. The predicted molar refractivity (Wildman–Crippen MR) is 144 cm³/mol. The van der Waals surface area contributed by atoms with Gasteiger partial charge in [-0.25, -0.2) is 9.78 Å². The van der Waals surface area contributed by atoms with Gasteiger partial charge in [0.2, 0.25) is 0 Å². The summed E-state index contributed by atoms with van der Waals surface area (Å²) in [6.45, 7) is 5.31. The molecule has 1 unspecified atom stereocenters. The quantitative estimate of drug-likeness (QED) is 0.262. The van der Waals surface area contributed by atoms with Gasteiger partial charge in [0, 0.05) is 11.1 Å². The van der Waals surface area contributed by atoms with Crippen LogP contribution in [0, 0.1) is 0 Å². The molecule has 2 N–H and O–H groups in total. The molecule has 0 saturated carbocycles. The van der Waals surface area contributed by atoms with Crippen molar-refractivity contribution in [1.82, 2.24) is 9.97 Å². The Labute approximate surface area is 228 Å². The van der Waals surface area contributed by atoms with Crippen LogP contribution in [-0.4, -0.2) is 40.4 Å². The first-order chi connectivity index (χ1) is 18.9. The topological polar surface area (TPSA) is 93.7 Å². The smallest absolute Gasteiger partial charge is 0.416 e. The van der Waals surface area contributed by atoms with Crippen molar-refractivity contribution >= 4 is 17.0 Å². The number of fused-ring (bicyclic) bond motifs is 2. The van der Waals surface area contributed by atoms with Gasteiger partial charge in [-0.2, -0.15) is 13.2 Å². The molecule has 1 aliphatic heterocycles. The lowest BCUT2D eigenvalue weighted by Gasteiger charge is -2.30. The average molecular weight is 555 g/mol. The number of aromatic amines is 1. The highest BCUT2D eigenvalue weighted by Crippen LogP contribution is 2.50. The molecule has 0 saturated heterocycles. The van der Waals surface area contributed by atoms with E-state index in [0.29, 0.717) is 35.4 Å². The van der Waals surface area contributed by atoms with Crippen LogP contribution in [0.15, 0.2) is 48.5 Å². The summed E-state index contributed by atoms with van der Waals surface area (Å²) in [7, 11) is 1.34. The molecule has 4 aromatic rings. The van der Waals surface area contributed by atoms with Gasteiger partial charge in [-0.3, -0.25) is 0 Å². The minimum Gasteiger partial charge on any atom is -0.495 e. The summed E-state index contributed by atoms with van der Waals surface area (Å²) >= 11 is 0. The van der Waals surface area contributed by atoms with E-state index in [1.54, 1.807) is 63.2 Å². The Balaban J connectivity index is 1.90. The zero-order chi connectivity index (χ0) is 28.8. The number of carbonyl (C=O) groups is 1. The lowest BCUT2D eigenvalue weighted by molar-refractivity contribution is -0.163. The third-order valence-electron chi connectivity index (χ3n) is 6.63. The van der Waals surface area contributed by atoms with Crippen molar-refractivity contribution in [2.45, 2.75) is 51.5 Å². The van der Waals surface area contributed by atoms with Crippen LogP contribution in [-0.2, 0) is 22.1 Å². The lowest BCUT2D eigenvalue weighted by atomic mass is 9.86. The first-order valence-electron chi connectivity index (χ1n) is 12.8. The fourth-order valence-corrected chi connectivity index (χ4v) is 5.04. The summed E-state index contributed by atoms with van der Waals surface area (Å²) in [4.78, 5) is 20.2.